The first-order valence-corrected chi connectivity index (χ1v) is 5.98. The van der Waals surface area contributed by atoms with Gasteiger partial charge in [-0.05, 0) is 43.2 Å². The Bertz CT molecular complexity index is 570. The van der Waals surface area contributed by atoms with Crippen molar-refractivity contribution in [3.63, 3.8) is 0 Å². The zero-order valence-electron chi connectivity index (χ0n) is 10.3. The Hall–Kier alpha value is -1.58. The average molecular weight is 264 g/mol. The topological polar surface area (TPSA) is 42.4 Å². The number of rotatable bonds is 3. The summed E-state index contributed by atoms with van der Waals surface area (Å²) in [5.74, 6) is 0.994. The fourth-order valence-corrected chi connectivity index (χ4v) is 1.93. The lowest BCUT2D eigenvalue weighted by Gasteiger charge is -2.09. The number of halogens is 1. The first-order chi connectivity index (χ1) is 8.58. The number of aryl methyl sites for hydroxylation is 2. The molecule has 0 saturated carbocycles. The van der Waals surface area contributed by atoms with Crippen molar-refractivity contribution >= 4 is 11.6 Å². The number of nitrogens with zero attached hydrogens (tertiary/aromatic N) is 1. The second-order valence-electron chi connectivity index (χ2n) is 4.15. The SMILES string of the molecule is Cc1ccc(Oc2cc(CO)cc(C)n2)c(Cl)c1. The van der Waals surface area contributed by atoms with Gasteiger partial charge in [-0.3, -0.25) is 0 Å². The van der Waals surface area contributed by atoms with Gasteiger partial charge >= 0.3 is 0 Å². The number of pyridine rings is 1. The Morgan fingerprint density at radius 1 is 1.22 bits per heavy atom. The molecule has 0 amide bonds. The summed E-state index contributed by atoms with van der Waals surface area (Å²) in [5, 5.41) is 9.68. The largest absolute Gasteiger partial charge is 0.437 e. The number of aliphatic hydroxyl groups is 1. The molecular weight excluding hydrogens is 250 g/mol. The van der Waals surface area contributed by atoms with Crippen LogP contribution in [0, 0.1) is 13.8 Å². The fourth-order valence-electron chi connectivity index (χ4n) is 1.65. The van der Waals surface area contributed by atoms with Gasteiger partial charge in [0.1, 0.15) is 5.75 Å². The molecule has 0 fully saturated rings. The van der Waals surface area contributed by atoms with Gasteiger partial charge < -0.3 is 9.84 Å². The molecule has 0 aliphatic rings. The molecule has 1 N–H and O–H groups in total. The first-order valence-electron chi connectivity index (χ1n) is 5.61. The van der Waals surface area contributed by atoms with E-state index in [4.69, 9.17) is 21.4 Å². The molecule has 4 heteroatoms. The third-order valence-electron chi connectivity index (χ3n) is 2.47. The van der Waals surface area contributed by atoms with Crippen LogP contribution in [0.1, 0.15) is 16.8 Å². The Kier molecular flexibility index (Phi) is 3.84. The molecule has 1 aromatic heterocycles. The van der Waals surface area contributed by atoms with Gasteiger partial charge in [-0.25, -0.2) is 4.98 Å². The van der Waals surface area contributed by atoms with Crippen molar-refractivity contribution in [1.29, 1.82) is 0 Å². The zero-order valence-corrected chi connectivity index (χ0v) is 11.0. The van der Waals surface area contributed by atoms with E-state index in [2.05, 4.69) is 4.98 Å². The summed E-state index contributed by atoms with van der Waals surface area (Å²) in [7, 11) is 0. The van der Waals surface area contributed by atoms with Crippen LogP contribution in [0.3, 0.4) is 0 Å². The number of hydrogen-bond acceptors (Lipinski definition) is 3. The van der Waals surface area contributed by atoms with E-state index in [1.807, 2.05) is 32.0 Å². The zero-order chi connectivity index (χ0) is 13.1. The van der Waals surface area contributed by atoms with Crippen molar-refractivity contribution in [2.45, 2.75) is 20.5 Å². The molecule has 18 heavy (non-hydrogen) atoms. The maximum Gasteiger partial charge on any atom is 0.219 e. The molecule has 0 aliphatic carbocycles. The van der Waals surface area contributed by atoms with E-state index in [1.165, 1.54) is 0 Å². The van der Waals surface area contributed by atoms with Gasteiger partial charge in [-0.15, -0.1) is 0 Å². The first kappa shape index (κ1) is 12.9. The molecule has 0 unspecified atom stereocenters. The van der Waals surface area contributed by atoms with Crippen molar-refractivity contribution in [2.75, 3.05) is 0 Å². The van der Waals surface area contributed by atoms with Crippen LogP contribution in [-0.4, -0.2) is 10.1 Å². The highest BCUT2D eigenvalue weighted by atomic mass is 35.5. The predicted molar refractivity (Wildman–Crippen MR) is 71.2 cm³/mol. The minimum atomic E-state index is -0.0403. The van der Waals surface area contributed by atoms with Gasteiger partial charge in [-0.1, -0.05) is 17.7 Å². The maximum atomic E-state index is 9.13. The van der Waals surface area contributed by atoms with Crippen LogP contribution in [0.15, 0.2) is 30.3 Å². The summed E-state index contributed by atoms with van der Waals surface area (Å²) in [5.41, 5.74) is 2.63. The molecule has 0 bridgehead atoms. The monoisotopic (exact) mass is 263 g/mol. The number of hydrogen-bond donors (Lipinski definition) is 1. The Morgan fingerprint density at radius 2 is 2.00 bits per heavy atom. The molecule has 0 radical (unpaired) electrons. The van der Waals surface area contributed by atoms with Crippen molar-refractivity contribution in [3.05, 3.63) is 52.2 Å². The summed E-state index contributed by atoms with van der Waals surface area (Å²) in [4.78, 5) is 4.25. The molecule has 2 rings (SSSR count). The van der Waals surface area contributed by atoms with E-state index in [9.17, 15) is 0 Å². The van der Waals surface area contributed by atoms with Crippen molar-refractivity contribution < 1.29 is 9.84 Å². The van der Waals surface area contributed by atoms with Gasteiger partial charge in [0, 0.05) is 11.8 Å². The summed E-state index contributed by atoms with van der Waals surface area (Å²) >= 11 is 6.09. The van der Waals surface area contributed by atoms with Crippen molar-refractivity contribution in [1.82, 2.24) is 4.98 Å². The summed E-state index contributed by atoms with van der Waals surface area (Å²) in [6.07, 6.45) is 0. The third-order valence-corrected chi connectivity index (χ3v) is 2.77. The normalized spacial score (nSPS) is 10.4. The van der Waals surface area contributed by atoms with Gasteiger partial charge in [0.05, 0.1) is 11.6 Å². The van der Waals surface area contributed by atoms with E-state index >= 15 is 0 Å². The Labute approximate surface area is 111 Å². The van der Waals surface area contributed by atoms with E-state index in [1.54, 1.807) is 12.1 Å². The number of ether oxygens (including phenoxy) is 1. The quantitative estimate of drug-likeness (QED) is 0.919. The maximum absolute atomic E-state index is 9.13. The van der Waals surface area contributed by atoms with Crippen LogP contribution < -0.4 is 4.74 Å². The fraction of sp³-hybridized carbons (Fsp3) is 0.214. The average Bonchev–Trinajstić information content (AvgIpc) is 2.32. The van der Waals surface area contributed by atoms with Crippen LogP contribution in [0.25, 0.3) is 0 Å². The highest BCUT2D eigenvalue weighted by molar-refractivity contribution is 6.32. The predicted octanol–water partition coefficient (Wildman–Crippen LogP) is 3.64. The lowest BCUT2D eigenvalue weighted by atomic mass is 10.2. The van der Waals surface area contributed by atoms with Crippen molar-refractivity contribution in [3.8, 4) is 11.6 Å². The number of aliphatic hydroxyl groups excluding tert-OH is 1. The Balaban J connectivity index is 2.30. The lowest BCUT2D eigenvalue weighted by Crippen LogP contribution is -1.94. The summed E-state index contributed by atoms with van der Waals surface area (Å²) in [6.45, 7) is 3.77. The van der Waals surface area contributed by atoms with Crippen LogP contribution in [0.2, 0.25) is 5.02 Å². The standard InChI is InChI=1S/C14H14ClNO2/c1-9-3-4-13(12(15)5-9)18-14-7-11(8-17)6-10(2)16-14/h3-7,17H,8H2,1-2H3. The minimum Gasteiger partial charge on any atom is -0.437 e. The second kappa shape index (κ2) is 5.38. The van der Waals surface area contributed by atoms with Gasteiger partial charge in [0.2, 0.25) is 5.88 Å². The van der Waals surface area contributed by atoms with Crippen LogP contribution in [0.5, 0.6) is 11.6 Å². The third kappa shape index (κ3) is 3.00. The second-order valence-corrected chi connectivity index (χ2v) is 4.56. The highest BCUT2D eigenvalue weighted by Crippen LogP contribution is 2.29. The molecule has 0 saturated heterocycles. The molecule has 94 valence electrons. The number of benzene rings is 1. The molecule has 0 aliphatic heterocycles. The van der Waals surface area contributed by atoms with E-state index in [0.29, 0.717) is 16.7 Å². The molecule has 0 atom stereocenters. The van der Waals surface area contributed by atoms with E-state index in [-0.39, 0.29) is 6.61 Å². The van der Waals surface area contributed by atoms with E-state index < -0.39 is 0 Å². The highest BCUT2D eigenvalue weighted by Gasteiger charge is 2.06. The van der Waals surface area contributed by atoms with Crippen LogP contribution >= 0.6 is 11.6 Å². The van der Waals surface area contributed by atoms with E-state index in [0.717, 1.165) is 16.8 Å². The van der Waals surface area contributed by atoms with Gasteiger partial charge in [0.25, 0.3) is 0 Å². The minimum absolute atomic E-state index is 0.0403. The van der Waals surface area contributed by atoms with Gasteiger partial charge in [0.15, 0.2) is 0 Å². The van der Waals surface area contributed by atoms with Gasteiger partial charge in [-0.2, -0.15) is 0 Å². The van der Waals surface area contributed by atoms with Crippen LogP contribution in [-0.2, 0) is 6.61 Å². The van der Waals surface area contributed by atoms with Crippen molar-refractivity contribution in [2.24, 2.45) is 0 Å². The summed E-state index contributed by atoms with van der Waals surface area (Å²) in [6, 6.07) is 9.07. The lowest BCUT2D eigenvalue weighted by molar-refractivity contribution is 0.281. The smallest absolute Gasteiger partial charge is 0.219 e. The molecule has 1 aromatic carbocycles. The number of aromatic nitrogens is 1. The molecule has 1 heterocycles. The van der Waals surface area contributed by atoms with Crippen LogP contribution in [0.4, 0.5) is 0 Å². The molecule has 2 aromatic rings. The molecule has 0 spiro atoms. The molecule has 3 nitrogen and oxygen atoms in total. The Morgan fingerprint density at radius 3 is 2.67 bits per heavy atom. The summed E-state index contributed by atoms with van der Waals surface area (Å²) < 4.78 is 5.63. The molecular formula is C14H14ClNO2.